The molecule has 0 unspecified atom stereocenters. The van der Waals surface area contributed by atoms with Crippen LogP contribution in [0.5, 0.6) is 0 Å². The first-order valence-electron chi connectivity index (χ1n) is 7.95. The summed E-state index contributed by atoms with van der Waals surface area (Å²) in [6.07, 6.45) is 0. The number of anilines is 2. The predicted molar refractivity (Wildman–Crippen MR) is 103 cm³/mol. The van der Waals surface area contributed by atoms with E-state index >= 15 is 0 Å². The van der Waals surface area contributed by atoms with E-state index in [2.05, 4.69) is 14.7 Å². The molecule has 4 aromatic rings. The molecule has 7 heteroatoms. The molecule has 0 fully saturated rings. The number of hydrogen-bond donors (Lipinski definition) is 3. The Morgan fingerprint density at radius 2 is 1.58 bits per heavy atom. The van der Waals surface area contributed by atoms with Crippen molar-refractivity contribution in [3.05, 3.63) is 72.8 Å². The summed E-state index contributed by atoms with van der Waals surface area (Å²) in [7, 11) is -3.69. The van der Waals surface area contributed by atoms with Crippen LogP contribution in [0.1, 0.15) is 0 Å². The van der Waals surface area contributed by atoms with E-state index in [-0.39, 0.29) is 10.8 Å². The largest absolute Gasteiger partial charge is 0.369 e. The Balaban J connectivity index is 1.61. The van der Waals surface area contributed by atoms with Crippen molar-refractivity contribution in [2.75, 3.05) is 10.5 Å². The van der Waals surface area contributed by atoms with Crippen LogP contribution in [-0.4, -0.2) is 18.4 Å². The molecule has 0 saturated carbocycles. The van der Waals surface area contributed by atoms with Crippen molar-refractivity contribution in [2.24, 2.45) is 0 Å². The maximum Gasteiger partial charge on any atom is 0.261 e. The van der Waals surface area contributed by atoms with Gasteiger partial charge in [-0.2, -0.15) is 0 Å². The second-order valence-electron chi connectivity index (χ2n) is 5.85. The minimum atomic E-state index is -3.69. The summed E-state index contributed by atoms with van der Waals surface area (Å²) in [5.41, 5.74) is 9.39. The van der Waals surface area contributed by atoms with Gasteiger partial charge in [0, 0.05) is 0 Å². The number of nitrogens with one attached hydrogen (secondary N) is 2. The van der Waals surface area contributed by atoms with Crippen LogP contribution in [0.15, 0.2) is 77.7 Å². The van der Waals surface area contributed by atoms with Crippen LogP contribution < -0.4 is 10.5 Å². The number of imidazole rings is 1. The number of aromatic nitrogens is 2. The van der Waals surface area contributed by atoms with Gasteiger partial charge in [-0.15, -0.1) is 0 Å². The standard InChI is InChI=1S/C19H16N4O2S/c20-19-21-17-11-8-15(12-18(17)22-19)23-26(24,25)16-9-6-14(7-10-16)13-4-2-1-3-5-13/h1-12,23H,(H3,20,21,22). The van der Waals surface area contributed by atoms with E-state index < -0.39 is 10.0 Å². The summed E-state index contributed by atoms with van der Waals surface area (Å²) in [6, 6.07) is 21.6. The smallest absolute Gasteiger partial charge is 0.261 e. The molecule has 0 amide bonds. The number of benzene rings is 3. The molecular weight excluding hydrogens is 348 g/mol. The molecule has 0 aliphatic rings. The SMILES string of the molecule is Nc1nc2ccc(NS(=O)(=O)c3ccc(-c4ccccc4)cc3)cc2[nH]1. The molecular formula is C19H16N4O2S. The number of aromatic amines is 1. The lowest BCUT2D eigenvalue weighted by Gasteiger charge is -2.09. The highest BCUT2D eigenvalue weighted by Crippen LogP contribution is 2.24. The van der Waals surface area contributed by atoms with E-state index in [1.807, 2.05) is 30.3 Å². The first kappa shape index (κ1) is 16.2. The molecule has 0 aliphatic heterocycles. The van der Waals surface area contributed by atoms with Crippen LogP contribution in [0.25, 0.3) is 22.2 Å². The zero-order valence-electron chi connectivity index (χ0n) is 13.7. The Labute approximate surface area is 150 Å². The second kappa shape index (κ2) is 6.20. The molecule has 0 bridgehead atoms. The van der Waals surface area contributed by atoms with Crippen LogP contribution in [-0.2, 0) is 10.0 Å². The lowest BCUT2D eigenvalue weighted by Crippen LogP contribution is -2.12. The van der Waals surface area contributed by atoms with Gasteiger partial charge in [0.25, 0.3) is 10.0 Å². The lowest BCUT2D eigenvalue weighted by atomic mass is 10.1. The maximum atomic E-state index is 12.6. The van der Waals surface area contributed by atoms with Crippen molar-refractivity contribution < 1.29 is 8.42 Å². The molecule has 0 atom stereocenters. The van der Waals surface area contributed by atoms with Gasteiger partial charge in [-0.25, -0.2) is 13.4 Å². The Morgan fingerprint density at radius 3 is 2.31 bits per heavy atom. The molecule has 4 rings (SSSR count). The number of fused-ring (bicyclic) bond motifs is 1. The Kier molecular flexibility index (Phi) is 3.85. The topological polar surface area (TPSA) is 101 Å². The zero-order valence-corrected chi connectivity index (χ0v) is 14.5. The summed E-state index contributed by atoms with van der Waals surface area (Å²) >= 11 is 0. The molecule has 4 N–H and O–H groups in total. The fourth-order valence-corrected chi connectivity index (χ4v) is 3.81. The van der Waals surface area contributed by atoms with Crippen LogP contribution in [0, 0.1) is 0 Å². The van der Waals surface area contributed by atoms with Gasteiger partial charge in [-0.05, 0) is 41.5 Å². The van der Waals surface area contributed by atoms with Gasteiger partial charge < -0.3 is 10.7 Å². The first-order chi connectivity index (χ1) is 12.5. The average molecular weight is 364 g/mol. The van der Waals surface area contributed by atoms with Crippen molar-refractivity contribution in [3.63, 3.8) is 0 Å². The molecule has 0 radical (unpaired) electrons. The Morgan fingerprint density at radius 1 is 0.885 bits per heavy atom. The zero-order chi connectivity index (χ0) is 18.1. The van der Waals surface area contributed by atoms with Crippen LogP contribution in [0.4, 0.5) is 11.6 Å². The highest BCUT2D eigenvalue weighted by Gasteiger charge is 2.15. The molecule has 1 aromatic heterocycles. The average Bonchev–Trinajstić information content (AvgIpc) is 3.01. The summed E-state index contributed by atoms with van der Waals surface area (Å²) in [6.45, 7) is 0. The molecule has 26 heavy (non-hydrogen) atoms. The third-order valence-electron chi connectivity index (χ3n) is 4.02. The number of nitrogen functional groups attached to an aromatic ring is 1. The predicted octanol–water partition coefficient (Wildman–Crippen LogP) is 3.61. The number of hydrogen-bond acceptors (Lipinski definition) is 4. The molecule has 0 saturated heterocycles. The van der Waals surface area contributed by atoms with E-state index in [0.29, 0.717) is 16.7 Å². The first-order valence-corrected chi connectivity index (χ1v) is 9.43. The minimum absolute atomic E-state index is 0.196. The van der Waals surface area contributed by atoms with Gasteiger partial charge in [0.15, 0.2) is 5.95 Å². The van der Waals surface area contributed by atoms with Crippen molar-refractivity contribution >= 4 is 32.7 Å². The maximum absolute atomic E-state index is 12.6. The van der Waals surface area contributed by atoms with Gasteiger partial charge in [0.1, 0.15) is 0 Å². The fourth-order valence-electron chi connectivity index (χ4n) is 2.76. The van der Waals surface area contributed by atoms with Gasteiger partial charge >= 0.3 is 0 Å². The van der Waals surface area contributed by atoms with Crippen LogP contribution in [0.2, 0.25) is 0 Å². The number of nitrogens with zero attached hydrogens (tertiary/aromatic N) is 1. The van der Waals surface area contributed by atoms with E-state index in [1.54, 1.807) is 42.5 Å². The van der Waals surface area contributed by atoms with Crippen molar-refractivity contribution in [3.8, 4) is 11.1 Å². The molecule has 0 aliphatic carbocycles. The third-order valence-corrected chi connectivity index (χ3v) is 5.42. The fraction of sp³-hybridized carbons (Fsp3) is 0. The summed E-state index contributed by atoms with van der Waals surface area (Å²) < 4.78 is 27.8. The van der Waals surface area contributed by atoms with E-state index in [1.165, 1.54) is 0 Å². The van der Waals surface area contributed by atoms with Crippen molar-refractivity contribution in [2.45, 2.75) is 4.90 Å². The summed E-state index contributed by atoms with van der Waals surface area (Å²) in [4.78, 5) is 7.17. The van der Waals surface area contributed by atoms with E-state index in [4.69, 9.17) is 5.73 Å². The number of rotatable bonds is 4. The highest BCUT2D eigenvalue weighted by atomic mass is 32.2. The van der Waals surface area contributed by atoms with Crippen LogP contribution in [0.3, 0.4) is 0 Å². The quantitative estimate of drug-likeness (QED) is 0.515. The monoisotopic (exact) mass is 364 g/mol. The third kappa shape index (κ3) is 3.12. The second-order valence-corrected chi connectivity index (χ2v) is 7.53. The van der Waals surface area contributed by atoms with E-state index in [9.17, 15) is 8.42 Å². The van der Waals surface area contributed by atoms with Gasteiger partial charge in [0.05, 0.1) is 21.6 Å². The highest BCUT2D eigenvalue weighted by molar-refractivity contribution is 7.92. The van der Waals surface area contributed by atoms with E-state index in [0.717, 1.165) is 11.1 Å². The number of sulfonamides is 1. The normalized spacial score (nSPS) is 11.5. The van der Waals surface area contributed by atoms with Gasteiger partial charge in [-0.3, -0.25) is 4.72 Å². The van der Waals surface area contributed by atoms with Gasteiger partial charge in [0.2, 0.25) is 0 Å². The molecule has 0 spiro atoms. The van der Waals surface area contributed by atoms with Crippen molar-refractivity contribution in [1.82, 2.24) is 9.97 Å². The summed E-state index contributed by atoms with van der Waals surface area (Å²) in [5, 5.41) is 0. The lowest BCUT2D eigenvalue weighted by molar-refractivity contribution is 0.601. The van der Waals surface area contributed by atoms with Crippen molar-refractivity contribution in [1.29, 1.82) is 0 Å². The number of nitrogens with two attached hydrogens (primary N) is 1. The molecule has 1 heterocycles. The van der Waals surface area contributed by atoms with Crippen LogP contribution >= 0.6 is 0 Å². The summed E-state index contributed by atoms with van der Waals surface area (Å²) in [5.74, 6) is 0.288. The minimum Gasteiger partial charge on any atom is -0.369 e. The molecule has 130 valence electrons. The molecule has 3 aromatic carbocycles. The Bertz CT molecular complexity index is 1170. The molecule has 6 nitrogen and oxygen atoms in total. The Hall–Kier alpha value is -3.32. The number of H-pyrrole nitrogens is 1. The van der Waals surface area contributed by atoms with Gasteiger partial charge in [-0.1, -0.05) is 42.5 Å².